The van der Waals surface area contributed by atoms with Crippen LogP contribution in [0.1, 0.15) is 51.3 Å². The first-order valence-electron chi connectivity index (χ1n) is 7.95. The van der Waals surface area contributed by atoms with Crippen molar-refractivity contribution in [2.45, 2.75) is 57.6 Å². The maximum atomic E-state index is 11.5. The molecule has 1 aromatic heterocycles. The third-order valence-electron chi connectivity index (χ3n) is 5.92. The van der Waals surface area contributed by atoms with Gasteiger partial charge in [0.2, 0.25) is 0 Å². The molecule has 0 aromatic carbocycles. The first-order valence-corrected chi connectivity index (χ1v) is 7.95. The van der Waals surface area contributed by atoms with Gasteiger partial charge in [-0.15, -0.1) is 0 Å². The van der Waals surface area contributed by atoms with E-state index in [9.17, 15) is 5.11 Å². The Morgan fingerprint density at radius 1 is 1.21 bits per heavy atom. The van der Waals surface area contributed by atoms with Crippen molar-refractivity contribution in [1.82, 2.24) is 9.55 Å². The molecule has 4 aliphatic carbocycles. The molecule has 3 nitrogen and oxygen atoms in total. The molecular formula is C16H24N2O. The molecule has 104 valence electrons. The minimum atomic E-state index is -0.633. The minimum absolute atomic E-state index is 0.460. The predicted octanol–water partition coefficient (Wildman–Crippen LogP) is 2.94. The van der Waals surface area contributed by atoms with Crippen LogP contribution >= 0.6 is 0 Å². The van der Waals surface area contributed by atoms with E-state index >= 15 is 0 Å². The summed E-state index contributed by atoms with van der Waals surface area (Å²) in [5, 5.41) is 11.5. The number of hydrogen-bond acceptors (Lipinski definition) is 2. The number of aliphatic hydroxyl groups is 1. The largest absolute Gasteiger partial charge is 0.381 e. The molecule has 0 atom stereocenters. The van der Waals surface area contributed by atoms with E-state index in [1.807, 2.05) is 12.4 Å². The van der Waals surface area contributed by atoms with E-state index < -0.39 is 5.60 Å². The standard InChI is InChI=1S/C16H24N2O/c1-2-4-18-5-3-17-15(18)16(19)13-7-11-6-12(9-13)10-14(16)8-11/h3,5,11-14,19H,2,4,6-10H2,1H3. The van der Waals surface area contributed by atoms with Gasteiger partial charge in [0, 0.05) is 18.9 Å². The molecule has 4 aliphatic rings. The van der Waals surface area contributed by atoms with Crippen LogP contribution in [0.3, 0.4) is 0 Å². The molecule has 1 aromatic rings. The zero-order chi connectivity index (χ0) is 13.0. The Balaban J connectivity index is 1.74. The zero-order valence-corrected chi connectivity index (χ0v) is 11.8. The fraction of sp³-hybridized carbons (Fsp3) is 0.812. The van der Waals surface area contributed by atoms with Crippen molar-refractivity contribution >= 4 is 0 Å². The van der Waals surface area contributed by atoms with Crippen molar-refractivity contribution in [2.75, 3.05) is 0 Å². The van der Waals surface area contributed by atoms with Crippen LogP contribution in [0, 0.1) is 23.7 Å². The van der Waals surface area contributed by atoms with Crippen molar-refractivity contribution in [3.05, 3.63) is 18.2 Å². The molecule has 0 radical (unpaired) electrons. The van der Waals surface area contributed by atoms with E-state index in [2.05, 4.69) is 16.5 Å². The Hall–Kier alpha value is -0.830. The van der Waals surface area contributed by atoms with Crippen molar-refractivity contribution < 1.29 is 5.11 Å². The van der Waals surface area contributed by atoms with Crippen LogP contribution < -0.4 is 0 Å². The third-order valence-corrected chi connectivity index (χ3v) is 5.92. The highest BCUT2D eigenvalue weighted by molar-refractivity contribution is 5.16. The molecule has 0 aliphatic heterocycles. The summed E-state index contributed by atoms with van der Waals surface area (Å²) >= 11 is 0. The van der Waals surface area contributed by atoms with Crippen LogP contribution in [-0.4, -0.2) is 14.7 Å². The summed E-state index contributed by atoms with van der Waals surface area (Å²) in [6.45, 7) is 3.16. The van der Waals surface area contributed by atoms with E-state index in [1.54, 1.807) is 0 Å². The van der Waals surface area contributed by atoms with Gasteiger partial charge in [-0.1, -0.05) is 6.92 Å². The van der Waals surface area contributed by atoms with Gasteiger partial charge >= 0.3 is 0 Å². The highest BCUT2D eigenvalue weighted by Gasteiger charge is 2.58. The lowest BCUT2D eigenvalue weighted by atomic mass is 9.49. The molecule has 1 heterocycles. The van der Waals surface area contributed by atoms with Gasteiger partial charge in [0.25, 0.3) is 0 Å². The highest BCUT2D eigenvalue weighted by atomic mass is 16.3. The lowest BCUT2D eigenvalue weighted by Gasteiger charge is -2.58. The predicted molar refractivity (Wildman–Crippen MR) is 73.5 cm³/mol. The molecule has 4 fully saturated rings. The molecule has 5 rings (SSSR count). The van der Waals surface area contributed by atoms with Crippen LogP contribution in [0.4, 0.5) is 0 Å². The maximum Gasteiger partial charge on any atom is 0.141 e. The second-order valence-corrected chi connectivity index (χ2v) is 7.07. The summed E-state index contributed by atoms with van der Waals surface area (Å²) in [7, 11) is 0. The molecule has 1 N–H and O–H groups in total. The van der Waals surface area contributed by atoms with Crippen molar-refractivity contribution in [3.8, 4) is 0 Å². The van der Waals surface area contributed by atoms with Crippen LogP contribution in [-0.2, 0) is 12.1 Å². The molecule has 0 saturated heterocycles. The van der Waals surface area contributed by atoms with E-state index in [0.717, 1.165) is 30.6 Å². The summed E-state index contributed by atoms with van der Waals surface area (Å²) < 4.78 is 2.20. The maximum absolute atomic E-state index is 11.5. The summed E-state index contributed by atoms with van der Waals surface area (Å²) in [5.74, 6) is 3.65. The fourth-order valence-electron chi connectivity index (χ4n) is 5.35. The lowest BCUT2D eigenvalue weighted by molar-refractivity contribution is -0.185. The molecule has 3 heteroatoms. The number of imidazole rings is 1. The number of nitrogens with zero attached hydrogens (tertiary/aromatic N) is 2. The fourth-order valence-corrected chi connectivity index (χ4v) is 5.35. The van der Waals surface area contributed by atoms with Crippen LogP contribution in [0.2, 0.25) is 0 Å². The van der Waals surface area contributed by atoms with Gasteiger partial charge in [-0.25, -0.2) is 4.98 Å². The van der Waals surface area contributed by atoms with Gasteiger partial charge in [0.05, 0.1) is 0 Å². The number of aryl methyl sites for hydroxylation is 1. The topological polar surface area (TPSA) is 38.0 Å². The Bertz CT molecular complexity index is 451. The van der Waals surface area contributed by atoms with Crippen LogP contribution in [0.5, 0.6) is 0 Å². The number of rotatable bonds is 3. The molecule has 0 unspecified atom stereocenters. The van der Waals surface area contributed by atoms with Crippen LogP contribution in [0.25, 0.3) is 0 Å². The smallest absolute Gasteiger partial charge is 0.141 e. The monoisotopic (exact) mass is 260 g/mol. The summed E-state index contributed by atoms with van der Waals surface area (Å²) in [6.07, 6.45) is 11.3. The van der Waals surface area contributed by atoms with Crippen LogP contribution in [0.15, 0.2) is 12.4 Å². The van der Waals surface area contributed by atoms with Gasteiger partial charge in [-0.3, -0.25) is 0 Å². The first kappa shape index (κ1) is 12.0. The quantitative estimate of drug-likeness (QED) is 0.907. The van der Waals surface area contributed by atoms with E-state index in [4.69, 9.17) is 0 Å². The first-order chi connectivity index (χ1) is 9.21. The van der Waals surface area contributed by atoms with Gasteiger partial charge in [-0.05, 0) is 62.2 Å². The van der Waals surface area contributed by atoms with E-state index in [-0.39, 0.29) is 0 Å². The average Bonchev–Trinajstić information content (AvgIpc) is 2.84. The minimum Gasteiger partial charge on any atom is -0.381 e. The SMILES string of the molecule is CCCn1ccnc1C1(O)C2CC3CC(C2)CC1C3. The normalized spacial score (nSPS) is 43.9. The third kappa shape index (κ3) is 1.57. The highest BCUT2D eigenvalue weighted by Crippen LogP contribution is 2.61. The van der Waals surface area contributed by atoms with Gasteiger partial charge in [-0.2, -0.15) is 0 Å². The summed E-state index contributed by atoms with van der Waals surface area (Å²) in [4.78, 5) is 4.57. The van der Waals surface area contributed by atoms with Gasteiger partial charge in [0.1, 0.15) is 11.4 Å². The molecule has 4 saturated carbocycles. The Morgan fingerprint density at radius 3 is 2.42 bits per heavy atom. The number of hydrogen-bond donors (Lipinski definition) is 1. The van der Waals surface area contributed by atoms with E-state index in [0.29, 0.717) is 11.8 Å². The molecule has 0 amide bonds. The second kappa shape index (κ2) is 4.08. The molecule has 19 heavy (non-hydrogen) atoms. The van der Waals surface area contributed by atoms with Gasteiger partial charge < -0.3 is 9.67 Å². The zero-order valence-electron chi connectivity index (χ0n) is 11.8. The second-order valence-electron chi connectivity index (χ2n) is 7.07. The molecule has 4 bridgehead atoms. The summed E-state index contributed by atoms with van der Waals surface area (Å²) in [5.41, 5.74) is -0.633. The average molecular weight is 260 g/mol. The molecular weight excluding hydrogens is 236 g/mol. The molecule has 0 spiro atoms. The Morgan fingerprint density at radius 2 is 1.84 bits per heavy atom. The number of aromatic nitrogens is 2. The van der Waals surface area contributed by atoms with Crippen molar-refractivity contribution in [3.63, 3.8) is 0 Å². The van der Waals surface area contributed by atoms with E-state index in [1.165, 1.54) is 32.1 Å². The Labute approximate surface area is 115 Å². The summed E-state index contributed by atoms with van der Waals surface area (Å²) in [6, 6.07) is 0. The van der Waals surface area contributed by atoms with Crippen molar-refractivity contribution in [2.24, 2.45) is 23.7 Å². The van der Waals surface area contributed by atoms with Crippen molar-refractivity contribution in [1.29, 1.82) is 0 Å². The lowest BCUT2D eigenvalue weighted by Crippen LogP contribution is -2.56. The van der Waals surface area contributed by atoms with Gasteiger partial charge in [0.15, 0.2) is 0 Å². The Kier molecular flexibility index (Phi) is 2.57.